The average Bonchev–Trinajstić information content (AvgIpc) is 3.09. The Kier molecular flexibility index (Phi) is 5.44. The van der Waals surface area contributed by atoms with Crippen LogP contribution in [0.3, 0.4) is 0 Å². The van der Waals surface area contributed by atoms with Gasteiger partial charge in [0.1, 0.15) is 0 Å². The predicted molar refractivity (Wildman–Crippen MR) is 116 cm³/mol. The number of benzene rings is 2. The lowest BCUT2D eigenvalue weighted by molar-refractivity contribution is 0.650. The van der Waals surface area contributed by atoms with Crippen LogP contribution in [-0.4, -0.2) is 20.0 Å². The molecule has 2 heterocycles. The number of alkyl halides is 1. The van der Waals surface area contributed by atoms with Gasteiger partial charge in [0.25, 0.3) is 5.56 Å². The van der Waals surface area contributed by atoms with E-state index in [0.717, 1.165) is 16.8 Å². The van der Waals surface area contributed by atoms with Crippen molar-refractivity contribution >= 4 is 45.8 Å². The van der Waals surface area contributed by atoms with E-state index in [0.29, 0.717) is 39.9 Å². The zero-order valence-corrected chi connectivity index (χ0v) is 17.0. The van der Waals surface area contributed by atoms with Crippen molar-refractivity contribution in [1.29, 1.82) is 0 Å². The first-order chi connectivity index (χ1) is 13.6. The molecule has 2 aromatic heterocycles. The lowest BCUT2D eigenvalue weighted by Gasteiger charge is -2.07. The molecule has 0 aliphatic heterocycles. The quantitative estimate of drug-likeness (QED) is 0.374. The Morgan fingerprint density at radius 3 is 2.21 bits per heavy atom. The van der Waals surface area contributed by atoms with Gasteiger partial charge >= 0.3 is 0 Å². The maximum atomic E-state index is 13.2. The highest BCUT2D eigenvalue weighted by molar-refractivity contribution is 6.31. The molecule has 0 atom stereocenters. The summed E-state index contributed by atoms with van der Waals surface area (Å²) in [4.78, 5) is 17.8. The van der Waals surface area contributed by atoms with Crippen molar-refractivity contribution in [3.05, 3.63) is 81.5 Å². The monoisotopic (exact) mass is 431 g/mol. The van der Waals surface area contributed by atoms with Crippen LogP contribution in [0.2, 0.25) is 10.0 Å². The van der Waals surface area contributed by atoms with Gasteiger partial charge in [-0.05, 0) is 48.4 Å². The molecule has 0 N–H and O–H groups in total. The molecule has 4 nitrogen and oxygen atoms in total. The topological polar surface area (TPSA) is 39.8 Å². The second kappa shape index (κ2) is 8.00. The maximum absolute atomic E-state index is 13.2. The summed E-state index contributed by atoms with van der Waals surface area (Å²) in [5.41, 5.74) is 3.09. The van der Waals surface area contributed by atoms with Crippen molar-refractivity contribution in [2.75, 3.05) is 5.88 Å². The van der Waals surface area contributed by atoms with Crippen LogP contribution in [0.4, 0.5) is 0 Å². The SMILES string of the molecule is O=c1c2c(-c3ccc(Cl)cc3)cn(-c3ccc(Cl)cc3)c2ncn1CCCCl. The third-order valence-electron chi connectivity index (χ3n) is 4.57. The molecule has 0 radical (unpaired) electrons. The van der Waals surface area contributed by atoms with Crippen LogP contribution >= 0.6 is 34.8 Å². The molecule has 0 fully saturated rings. The van der Waals surface area contributed by atoms with Crippen molar-refractivity contribution in [1.82, 2.24) is 14.1 Å². The van der Waals surface area contributed by atoms with Crippen LogP contribution in [0.15, 0.2) is 65.8 Å². The zero-order valence-electron chi connectivity index (χ0n) is 14.8. The van der Waals surface area contributed by atoms with Gasteiger partial charge < -0.3 is 4.57 Å². The minimum Gasteiger partial charge on any atom is -0.300 e. The number of aromatic nitrogens is 3. The van der Waals surface area contributed by atoms with Crippen molar-refractivity contribution in [3.8, 4) is 16.8 Å². The second-order valence-electron chi connectivity index (χ2n) is 6.38. The smallest absolute Gasteiger partial charge is 0.263 e. The fourth-order valence-corrected chi connectivity index (χ4v) is 3.56. The van der Waals surface area contributed by atoms with Gasteiger partial charge in [-0.25, -0.2) is 4.98 Å². The van der Waals surface area contributed by atoms with E-state index >= 15 is 0 Å². The van der Waals surface area contributed by atoms with E-state index < -0.39 is 0 Å². The van der Waals surface area contributed by atoms with Crippen molar-refractivity contribution in [2.24, 2.45) is 0 Å². The van der Waals surface area contributed by atoms with E-state index in [1.165, 1.54) is 0 Å². The molecule has 0 unspecified atom stereocenters. The van der Waals surface area contributed by atoms with E-state index in [-0.39, 0.29) is 5.56 Å². The molecule has 2 aromatic carbocycles. The third kappa shape index (κ3) is 3.55. The van der Waals surface area contributed by atoms with Gasteiger partial charge in [-0.1, -0.05) is 35.3 Å². The largest absolute Gasteiger partial charge is 0.300 e. The van der Waals surface area contributed by atoms with E-state index in [4.69, 9.17) is 34.8 Å². The van der Waals surface area contributed by atoms with E-state index in [2.05, 4.69) is 4.98 Å². The summed E-state index contributed by atoms with van der Waals surface area (Å²) in [5, 5.41) is 1.85. The molecule has 4 aromatic rings. The summed E-state index contributed by atoms with van der Waals surface area (Å²) in [6, 6.07) is 14.8. The average molecular weight is 433 g/mol. The van der Waals surface area contributed by atoms with Crippen LogP contribution in [0, 0.1) is 0 Å². The molecule has 0 amide bonds. The van der Waals surface area contributed by atoms with Gasteiger partial charge in [-0.15, -0.1) is 11.6 Å². The molecule has 7 heteroatoms. The highest BCUT2D eigenvalue weighted by Gasteiger charge is 2.17. The summed E-state index contributed by atoms with van der Waals surface area (Å²) in [7, 11) is 0. The Morgan fingerprint density at radius 2 is 1.57 bits per heavy atom. The van der Waals surface area contributed by atoms with Crippen molar-refractivity contribution < 1.29 is 0 Å². The first-order valence-corrected chi connectivity index (χ1v) is 10.1. The van der Waals surface area contributed by atoms with Crippen LogP contribution < -0.4 is 5.56 Å². The summed E-state index contributed by atoms with van der Waals surface area (Å²) >= 11 is 17.9. The van der Waals surface area contributed by atoms with Crippen LogP contribution in [0.5, 0.6) is 0 Å². The number of fused-ring (bicyclic) bond motifs is 1. The molecule has 0 spiro atoms. The molecule has 0 aliphatic carbocycles. The number of nitrogens with zero attached hydrogens (tertiary/aromatic N) is 3. The molecule has 0 aliphatic rings. The lowest BCUT2D eigenvalue weighted by Crippen LogP contribution is -2.21. The maximum Gasteiger partial charge on any atom is 0.263 e. The Bertz CT molecular complexity index is 1180. The van der Waals surface area contributed by atoms with Gasteiger partial charge in [0, 0.05) is 39.9 Å². The van der Waals surface area contributed by atoms with Gasteiger partial charge in [0.05, 0.1) is 11.7 Å². The lowest BCUT2D eigenvalue weighted by atomic mass is 10.1. The Hall–Kier alpha value is -2.27. The molecule has 0 saturated carbocycles. The second-order valence-corrected chi connectivity index (χ2v) is 7.63. The first-order valence-electron chi connectivity index (χ1n) is 8.77. The van der Waals surface area contributed by atoms with Gasteiger partial charge in [0.15, 0.2) is 5.65 Å². The number of rotatable bonds is 5. The highest BCUT2D eigenvalue weighted by Crippen LogP contribution is 2.30. The highest BCUT2D eigenvalue weighted by atomic mass is 35.5. The minimum atomic E-state index is -0.0900. The van der Waals surface area contributed by atoms with Gasteiger partial charge in [-0.2, -0.15) is 0 Å². The Morgan fingerprint density at radius 1 is 0.929 bits per heavy atom. The summed E-state index contributed by atoms with van der Waals surface area (Å²) in [5.74, 6) is 0.486. The molecule has 28 heavy (non-hydrogen) atoms. The van der Waals surface area contributed by atoms with Crippen LogP contribution in [0.1, 0.15) is 6.42 Å². The van der Waals surface area contributed by atoms with Crippen molar-refractivity contribution in [2.45, 2.75) is 13.0 Å². The summed E-state index contributed by atoms with van der Waals surface area (Å²) in [6.45, 7) is 0.525. The number of halogens is 3. The van der Waals surface area contributed by atoms with Crippen molar-refractivity contribution in [3.63, 3.8) is 0 Å². The third-order valence-corrected chi connectivity index (χ3v) is 5.34. The summed E-state index contributed by atoms with van der Waals surface area (Å²) < 4.78 is 3.51. The van der Waals surface area contributed by atoms with E-state index in [1.807, 2.05) is 59.3 Å². The van der Waals surface area contributed by atoms with Crippen LogP contribution in [-0.2, 0) is 6.54 Å². The fourth-order valence-electron chi connectivity index (χ4n) is 3.19. The predicted octanol–water partition coefficient (Wildman–Crippen LogP) is 5.79. The number of aryl methyl sites for hydroxylation is 1. The molecule has 142 valence electrons. The van der Waals surface area contributed by atoms with Gasteiger partial charge in [-0.3, -0.25) is 9.36 Å². The molecular formula is C21H16Cl3N3O. The fraction of sp³-hybridized carbons (Fsp3) is 0.143. The first kappa shape index (κ1) is 19.1. The minimum absolute atomic E-state index is 0.0900. The Labute approximate surface area is 176 Å². The summed E-state index contributed by atoms with van der Waals surface area (Å²) in [6.07, 6.45) is 4.20. The molecule has 4 rings (SSSR count). The number of hydrogen-bond acceptors (Lipinski definition) is 2. The van der Waals surface area contributed by atoms with E-state index in [1.54, 1.807) is 10.9 Å². The standard InChI is InChI=1S/C21H16Cl3N3O/c22-10-1-11-26-13-25-20-19(21(26)28)18(14-2-4-15(23)5-3-14)12-27(20)17-8-6-16(24)7-9-17/h2-9,12-13H,1,10-11H2. The van der Waals surface area contributed by atoms with Crippen LogP contribution in [0.25, 0.3) is 27.8 Å². The zero-order chi connectivity index (χ0) is 19.7. The van der Waals surface area contributed by atoms with E-state index in [9.17, 15) is 4.79 Å². The Balaban J connectivity index is 1.98. The molecular weight excluding hydrogens is 417 g/mol. The number of hydrogen-bond donors (Lipinski definition) is 0. The molecule has 0 bridgehead atoms. The molecule has 0 saturated heterocycles. The van der Waals surface area contributed by atoms with Gasteiger partial charge in [0.2, 0.25) is 0 Å². The normalized spacial score (nSPS) is 11.2.